The van der Waals surface area contributed by atoms with Crippen LogP contribution < -0.4 is 16.1 Å². The van der Waals surface area contributed by atoms with E-state index >= 15 is 0 Å². The van der Waals surface area contributed by atoms with Crippen LogP contribution in [0, 0.1) is 11.3 Å². The van der Waals surface area contributed by atoms with Crippen LogP contribution in [0.15, 0.2) is 30.3 Å². The zero-order valence-corrected chi connectivity index (χ0v) is 31.4. The lowest BCUT2D eigenvalue weighted by molar-refractivity contribution is -0.155. The standard InChI is InChI=1S/C38H54ClN5O7/c1-6-12-28(32(46)35(48)43-21-27(22-43)50-7-2)40-34(47)30-20-38(19-29(42-51-38)25-15-11-16-26(39)18-25)23-44(30)36(49)33(37(3,4)5)41-31(45)17-24-13-9-8-10-14-24/h11,15-16,18-19,24,27-28,30,33,42H,6-10,12-14,17,20-23H2,1-5H3,(H,40,47)(H,41,45)/t28-,30-,33+,38+/m0/s1. The van der Waals surface area contributed by atoms with E-state index in [1.165, 1.54) is 16.2 Å². The molecule has 1 aliphatic carbocycles. The lowest BCUT2D eigenvalue weighted by Gasteiger charge is -2.39. The van der Waals surface area contributed by atoms with Crippen LogP contribution >= 0.6 is 11.6 Å². The molecule has 3 N–H and O–H groups in total. The summed E-state index contributed by atoms with van der Waals surface area (Å²) in [6, 6.07) is 4.20. The Bertz CT molecular complexity index is 1500. The largest absolute Gasteiger partial charge is 0.375 e. The van der Waals surface area contributed by atoms with Gasteiger partial charge in [0.05, 0.1) is 24.4 Å². The lowest BCUT2D eigenvalue weighted by Crippen LogP contribution is -2.61. The normalized spacial score (nSPS) is 23.6. The maximum absolute atomic E-state index is 14.6. The van der Waals surface area contributed by atoms with Crippen LogP contribution in [0.25, 0.3) is 5.70 Å². The van der Waals surface area contributed by atoms with E-state index < -0.39 is 52.6 Å². The van der Waals surface area contributed by atoms with Gasteiger partial charge in [0, 0.05) is 43.1 Å². The highest BCUT2D eigenvalue weighted by atomic mass is 35.5. The van der Waals surface area contributed by atoms with Gasteiger partial charge in [-0.2, -0.15) is 0 Å². The highest BCUT2D eigenvalue weighted by Gasteiger charge is 2.54. The number of carbonyl (C=O) groups excluding carboxylic acids is 5. The predicted octanol–water partition coefficient (Wildman–Crippen LogP) is 4.16. The van der Waals surface area contributed by atoms with Crippen molar-refractivity contribution in [1.29, 1.82) is 0 Å². The Hall–Kier alpha value is -3.48. The average Bonchev–Trinajstić information content (AvgIpc) is 3.67. The minimum Gasteiger partial charge on any atom is -0.375 e. The van der Waals surface area contributed by atoms with Gasteiger partial charge in [0.15, 0.2) is 0 Å². The lowest BCUT2D eigenvalue weighted by atomic mass is 9.84. The number of carbonyl (C=O) groups is 5. The summed E-state index contributed by atoms with van der Waals surface area (Å²) < 4.78 is 5.54. The third-order valence-electron chi connectivity index (χ3n) is 10.4. The molecule has 5 rings (SSSR count). The molecule has 12 nitrogen and oxygen atoms in total. The maximum Gasteiger partial charge on any atom is 0.292 e. The molecule has 0 bridgehead atoms. The molecule has 4 amide bonds. The first kappa shape index (κ1) is 38.7. The van der Waals surface area contributed by atoms with E-state index in [2.05, 4.69) is 16.1 Å². The summed E-state index contributed by atoms with van der Waals surface area (Å²) in [6.45, 7) is 10.6. The number of Topliss-reactive ketones (excluding diaryl/α,β-unsaturated/α-hetero) is 1. The number of hydrogen-bond donors (Lipinski definition) is 3. The molecule has 1 spiro atoms. The van der Waals surface area contributed by atoms with Gasteiger partial charge in [-0.1, -0.05) is 77.1 Å². The summed E-state index contributed by atoms with van der Waals surface area (Å²) >= 11 is 6.26. The second-order valence-corrected chi connectivity index (χ2v) is 16.0. The molecule has 4 aliphatic rings. The van der Waals surface area contributed by atoms with Crippen molar-refractivity contribution in [2.75, 3.05) is 26.2 Å². The maximum atomic E-state index is 14.6. The Kier molecular flexibility index (Phi) is 12.5. The number of nitrogens with one attached hydrogen (secondary N) is 3. The zero-order valence-electron chi connectivity index (χ0n) is 30.6. The third kappa shape index (κ3) is 9.31. The van der Waals surface area contributed by atoms with Crippen LogP contribution in [0.2, 0.25) is 5.02 Å². The van der Waals surface area contributed by atoms with Crippen LogP contribution in [0.3, 0.4) is 0 Å². The molecule has 0 radical (unpaired) electrons. The molecule has 13 heteroatoms. The molecule has 1 aromatic carbocycles. The minimum absolute atomic E-state index is 0.0178. The van der Waals surface area contributed by atoms with Gasteiger partial charge in [-0.15, -0.1) is 0 Å². The number of ketones is 1. The van der Waals surface area contributed by atoms with Gasteiger partial charge in [0.1, 0.15) is 17.7 Å². The molecule has 280 valence electrons. The fourth-order valence-electron chi connectivity index (χ4n) is 7.58. The molecular formula is C38H54ClN5O7. The molecule has 4 atom stereocenters. The number of ether oxygens (including phenoxy) is 1. The van der Waals surface area contributed by atoms with Crippen LogP contribution in [0.4, 0.5) is 0 Å². The van der Waals surface area contributed by atoms with Crippen LogP contribution in [0.5, 0.6) is 0 Å². The summed E-state index contributed by atoms with van der Waals surface area (Å²) in [4.78, 5) is 77.9. The molecule has 3 heterocycles. The first-order chi connectivity index (χ1) is 24.2. The first-order valence-corrected chi connectivity index (χ1v) is 18.9. The van der Waals surface area contributed by atoms with Gasteiger partial charge >= 0.3 is 0 Å². The molecule has 0 aromatic heterocycles. The fourth-order valence-corrected chi connectivity index (χ4v) is 7.78. The fraction of sp³-hybridized carbons (Fsp3) is 0.658. The second kappa shape index (κ2) is 16.5. The van der Waals surface area contributed by atoms with Crippen molar-refractivity contribution < 1.29 is 33.5 Å². The van der Waals surface area contributed by atoms with Crippen LogP contribution in [-0.2, 0) is 33.5 Å². The smallest absolute Gasteiger partial charge is 0.292 e. The average molecular weight is 728 g/mol. The van der Waals surface area contributed by atoms with Gasteiger partial charge in [-0.3, -0.25) is 34.3 Å². The van der Waals surface area contributed by atoms with E-state index in [0.717, 1.165) is 31.2 Å². The SMILES string of the molecule is CCC[C@H](NC(=O)[C@@H]1C[C@]2(C=C(c3cccc(Cl)c3)NO2)CN1C(=O)[C@@H](NC(=O)CC1CCCCC1)C(C)(C)C)C(=O)C(=O)N1CC(OCC)C1. The molecule has 2 saturated heterocycles. The predicted molar refractivity (Wildman–Crippen MR) is 193 cm³/mol. The number of halogens is 1. The van der Waals surface area contributed by atoms with E-state index in [4.69, 9.17) is 21.2 Å². The Balaban J connectivity index is 1.39. The molecule has 3 fully saturated rings. The topological polar surface area (TPSA) is 146 Å². The van der Waals surface area contributed by atoms with Crippen molar-refractivity contribution in [3.05, 3.63) is 40.9 Å². The van der Waals surface area contributed by atoms with Gasteiger partial charge < -0.3 is 25.2 Å². The molecule has 1 aromatic rings. The monoisotopic (exact) mass is 727 g/mol. The van der Waals surface area contributed by atoms with Gasteiger partial charge in [-0.25, -0.2) is 0 Å². The minimum atomic E-state index is -1.09. The van der Waals surface area contributed by atoms with Crippen molar-refractivity contribution in [2.45, 2.75) is 122 Å². The van der Waals surface area contributed by atoms with Crippen LogP contribution in [-0.4, -0.2) is 95.3 Å². The highest BCUT2D eigenvalue weighted by Crippen LogP contribution is 2.39. The van der Waals surface area contributed by atoms with Gasteiger partial charge in [0.25, 0.3) is 5.91 Å². The summed E-state index contributed by atoms with van der Waals surface area (Å²) in [5.74, 6) is -2.24. The Morgan fingerprint density at radius 3 is 2.45 bits per heavy atom. The Morgan fingerprint density at radius 1 is 1.08 bits per heavy atom. The van der Waals surface area contributed by atoms with E-state index in [1.807, 2.05) is 52.8 Å². The molecule has 0 unspecified atom stereocenters. The molecule has 3 aliphatic heterocycles. The Labute approximate surface area is 306 Å². The van der Waals surface area contributed by atoms with E-state index in [1.54, 1.807) is 12.1 Å². The zero-order chi connectivity index (χ0) is 36.9. The van der Waals surface area contributed by atoms with E-state index in [0.29, 0.717) is 43.3 Å². The number of likely N-dealkylation sites (tertiary alicyclic amines) is 2. The first-order valence-electron chi connectivity index (χ1n) is 18.5. The summed E-state index contributed by atoms with van der Waals surface area (Å²) in [6.07, 6.45) is 8.35. The summed E-state index contributed by atoms with van der Waals surface area (Å²) in [5.41, 5.74) is 2.62. The quantitative estimate of drug-likeness (QED) is 0.257. The Morgan fingerprint density at radius 2 is 1.80 bits per heavy atom. The van der Waals surface area contributed by atoms with Crippen molar-refractivity contribution >= 4 is 46.7 Å². The second-order valence-electron chi connectivity index (χ2n) is 15.6. The number of benzene rings is 1. The number of amides is 4. The van der Waals surface area contributed by atoms with Crippen molar-refractivity contribution in [3.63, 3.8) is 0 Å². The van der Waals surface area contributed by atoms with Crippen LogP contribution in [0.1, 0.15) is 98.0 Å². The summed E-state index contributed by atoms with van der Waals surface area (Å²) in [5, 5.41) is 6.40. The van der Waals surface area contributed by atoms with E-state index in [9.17, 15) is 24.0 Å². The van der Waals surface area contributed by atoms with Gasteiger partial charge in [0.2, 0.25) is 23.5 Å². The number of hydrogen-bond acceptors (Lipinski definition) is 8. The highest BCUT2D eigenvalue weighted by molar-refractivity contribution is 6.38. The van der Waals surface area contributed by atoms with E-state index in [-0.39, 0.29) is 37.3 Å². The number of rotatable bonds is 13. The van der Waals surface area contributed by atoms with Gasteiger partial charge in [-0.05, 0) is 55.7 Å². The molecular weight excluding hydrogens is 674 g/mol. The molecule has 1 saturated carbocycles. The third-order valence-corrected chi connectivity index (χ3v) is 10.7. The van der Waals surface area contributed by atoms with Crippen molar-refractivity contribution in [1.82, 2.24) is 25.9 Å². The number of hydroxylamine groups is 1. The van der Waals surface area contributed by atoms with Crippen molar-refractivity contribution in [2.24, 2.45) is 11.3 Å². The van der Waals surface area contributed by atoms with Crippen molar-refractivity contribution in [3.8, 4) is 0 Å². The molecule has 51 heavy (non-hydrogen) atoms. The number of nitrogens with zero attached hydrogens (tertiary/aromatic N) is 2. The summed E-state index contributed by atoms with van der Waals surface area (Å²) in [7, 11) is 0.